The van der Waals surface area contributed by atoms with Crippen LogP contribution in [0.5, 0.6) is 0 Å². The molecule has 6 heteroatoms. The summed E-state index contributed by atoms with van der Waals surface area (Å²) in [5, 5.41) is 7.71. The molecule has 1 unspecified atom stereocenters. The molecule has 0 aliphatic carbocycles. The molecule has 0 saturated heterocycles. The third-order valence-corrected chi connectivity index (χ3v) is 5.30. The van der Waals surface area contributed by atoms with E-state index < -0.39 is 5.92 Å². The van der Waals surface area contributed by atoms with Gasteiger partial charge in [-0.05, 0) is 49.2 Å². The van der Waals surface area contributed by atoms with E-state index in [-0.39, 0.29) is 5.91 Å². The zero-order valence-corrected chi connectivity index (χ0v) is 17.4. The Bertz CT molecular complexity index is 1190. The van der Waals surface area contributed by atoms with Crippen LogP contribution in [0.25, 0.3) is 22.4 Å². The summed E-state index contributed by atoms with van der Waals surface area (Å²) in [4.78, 5) is 17.1. The fourth-order valence-corrected chi connectivity index (χ4v) is 3.64. The lowest BCUT2D eigenvalue weighted by Gasteiger charge is -2.13. The Morgan fingerprint density at radius 2 is 1.80 bits per heavy atom. The molecule has 0 bridgehead atoms. The van der Waals surface area contributed by atoms with Gasteiger partial charge in [0.1, 0.15) is 5.69 Å². The quantitative estimate of drug-likeness (QED) is 0.425. The first-order chi connectivity index (χ1) is 14.5. The molecule has 2 aromatic heterocycles. The van der Waals surface area contributed by atoms with Gasteiger partial charge in [-0.15, -0.1) is 0 Å². The van der Waals surface area contributed by atoms with Crippen LogP contribution >= 0.6 is 11.6 Å². The summed E-state index contributed by atoms with van der Waals surface area (Å²) < 4.78 is 5.60. The van der Waals surface area contributed by atoms with E-state index in [2.05, 4.69) is 15.5 Å². The van der Waals surface area contributed by atoms with Crippen molar-refractivity contribution in [3.8, 4) is 22.4 Å². The minimum Gasteiger partial charge on any atom is -0.337 e. The van der Waals surface area contributed by atoms with Gasteiger partial charge < -0.3 is 4.52 Å². The third-order valence-electron chi connectivity index (χ3n) is 4.95. The average Bonchev–Trinajstić information content (AvgIpc) is 3.17. The molecule has 1 amide bonds. The van der Waals surface area contributed by atoms with Crippen LogP contribution in [0.3, 0.4) is 0 Å². The Balaban J connectivity index is 1.73. The number of anilines is 1. The number of hydrogen-bond donors (Lipinski definition) is 1. The lowest BCUT2D eigenvalue weighted by Crippen LogP contribution is -2.19. The van der Waals surface area contributed by atoms with Crippen molar-refractivity contribution in [3.05, 3.63) is 89.2 Å². The summed E-state index contributed by atoms with van der Waals surface area (Å²) in [5.74, 6) is -0.400. The number of nitrogens with zero attached hydrogens (tertiary/aromatic N) is 2. The lowest BCUT2D eigenvalue weighted by molar-refractivity contribution is -0.117. The summed E-state index contributed by atoms with van der Waals surface area (Å²) in [5.41, 5.74) is 4.98. The number of amides is 1. The third kappa shape index (κ3) is 3.98. The standard InChI is InChI=1S/C24H20ClN3O2/c1-15-6-5-7-18(14-15)22-21(17-10-12-26-13-11-17)24(30-28-22)27-23(29)16(2)19-8-3-4-9-20(19)25/h3-14,16H,1-2H3,(H,27,29). The second-order valence-corrected chi connectivity index (χ2v) is 7.48. The van der Waals surface area contributed by atoms with E-state index in [1.807, 2.05) is 61.5 Å². The molecular formula is C24H20ClN3O2. The first-order valence-electron chi connectivity index (χ1n) is 9.57. The SMILES string of the molecule is Cc1cccc(-c2noc(NC(=O)C(C)c3ccccc3Cl)c2-c2ccncc2)c1. The summed E-state index contributed by atoms with van der Waals surface area (Å²) in [6.45, 7) is 3.82. The van der Waals surface area contributed by atoms with Crippen molar-refractivity contribution < 1.29 is 9.32 Å². The fraction of sp³-hybridized carbons (Fsp3) is 0.125. The predicted octanol–water partition coefficient (Wildman–Crippen LogP) is 6.11. The Morgan fingerprint density at radius 1 is 1.03 bits per heavy atom. The smallest absolute Gasteiger partial charge is 0.239 e. The molecule has 5 nitrogen and oxygen atoms in total. The number of aryl methyl sites for hydroxylation is 1. The maximum Gasteiger partial charge on any atom is 0.239 e. The van der Waals surface area contributed by atoms with Crippen molar-refractivity contribution in [2.45, 2.75) is 19.8 Å². The molecule has 0 aliphatic rings. The van der Waals surface area contributed by atoms with Gasteiger partial charge in [0.15, 0.2) is 0 Å². The molecule has 1 atom stereocenters. The molecule has 4 rings (SSSR count). The fourth-order valence-electron chi connectivity index (χ4n) is 3.34. The number of pyridine rings is 1. The summed E-state index contributed by atoms with van der Waals surface area (Å²) >= 11 is 6.27. The minimum atomic E-state index is -0.462. The number of rotatable bonds is 5. The van der Waals surface area contributed by atoms with Gasteiger partial charge in [-0.1, -0.05) is 58.7 Å². The number of aromatic nitrogens is 2. The van der Waals surface area contributed by atoms with Gasteiger partial charge >= 0.3 is 0 Å². The van der Waals surface area contributed by atoms with E-state index in [9.17, 15) is 4.79 Å². The Morgan fingerprint density at radius 3 is 2.53 bits per heavy atom. The zero-order valence-electron chi connectivity index (χ0n) is 16.6. The average molecular weight is 418 g/mol. The molecule has 30 heavy (non-hydrogen) atoms. The number of carbonyl (C=O) groups excluding carboxylic acids is 1. The van der Waals surface area contributed by atoms with Gasteiger partial charge in [0.25, 0.3) is 0 Å². The van der Waals surface area contributed by atoms with Crippen LogP contribution in [0.1, 0.15) is 24.0 Å². The first kappa shape index (κ1) is 19.9. The maximum absolute atomic E-state index is 13.0. The molecular weight excluding hydrogens is 398 g/mol. The van der Waals surface area contributed by atoms with E-state index in [0.29, 0.717) is 22.2 Å². The predicted molar refractivity (Wildman–Crippen MR) is 118 cm³/mol. The van der Waals surface area contributed by atoms with Crippen molar-refractivity contribution in [2.75, 3.05) is 5.32 Å². The Hall–Kier alpha value is -3.44. The van der Waals surface area contributed by atoms with E-state index in [0.717, 1.165) is 22.3 Å². The monoisotopic (exact) mass is 417 g/mol. The highest BCUT2D eigenvalue weighted by Gasteiger charge is 2.24. The van der Waals surface area contributed by atoms with Gasteiger partial charge in [-0.3, -0.25) is 15.1 Å². The van der Waals surface area contributed by atoms with Crippen molar-refractivity contribution in [1.82, 2.24) is 10.1 Å². The van der Waals surface area contributed by atoms with Gasteiger partial charge in [0.2, 0.25) is 11.8 Å². The Kier molecular flexibility index (Phi) is 5.63. The van der Waals surface area contributed by atoms with Crippen molar-refractivity contribution in [2.24, 2.45) is 0 Å². The normalized spacial score (nSPS) is 11.8. The maximum atomic E-state index is 13.0. The molecule has 0 spiro atoms. The van der Waals surface area contributed by atoms with Gasteiger partial charge in [0, 0.05) is 23.0 Å². The molecule has 1 N–H and O–H groups in total. The molecule has 2 heterocycles. The largest absolute Gasteiger partial charge is 0.337 e. The highest BCUT2D eigenvalue weighted by Crippen LogP contribution is 2.38. The number of nitrogens with one attached hydrogen (secondary N) is 1. The minimum absolute atomic E-state index is 0.231. The van der Waals surface area contributed by atoms with E-state index >= 15 is 0 Å². The summed E-state index contributed by atoms with van der Waals surface area (Å²) in [7, 11) is 0. The summed E-state index contributed by atoms with van der Waals surface area (Å²) in [6.07, 6.45) is 3.39. The number of benzene rings is 2. The van der Waals surface area contributed by atoms with E-state index in [1.165, 1.54) is 0 Å². The zero-order chi connectivity index (χ0) is 21.1. The van der Waals surface area contributed by atoms with E-state index in [1.54, 1.807) is 25.4 Å². The molecule has 2 aromatic carbocycles. The highest BCUT2D eigenvalue weighted by molar-refractivity contribution is 6.31. The van der Waals surface area contributed by atoms with Crippen molar-refractivity contribution in [3.63, 3.8) is 0 Å². The topological polar surface area (TPSA) is 68.0 Å². The van der Waals surface area contributed by atoms with Crippen LogP contribution in [0.4, 0.5) is 5.88 Å². The van der Waals surface area contributed by atoms with Crippen LogP contribution in [0.2, 0.25) is 5.02 Å². The highest BCUT2D eigenvalue weighted by atomic mass is 35.5. The number of carbonyl (C=O) groups is 1. The van der Waals surface area contributed by atoms with E-state index in [4.69, 9.17) is 16.1 Å². The molecule has 0 fully saturated rings. The number of halogens is 1. The van der Waals surface area contributed by atoms with Crippen LogP contribution in [-0.2, 0) is 4.79 Å². The second kappa shape index (κ2) is 8.51. The van der Waals surface area contributed by atoms with Crippen LogP contribution in [-0.4, -0.2) is 16.0 Å². The lowest BCUT2D eigenvalue weighted by atomic mass is 9.99. The molecule has 4 aromatic rings. The van der Waals surface area contributed by atoms with Crippen LogP contribution < -0.4 is 5.32 Å². The van der Waals surface area contributed by atoms with Crippen molar-refractivity contribution in [1.29, 1.82) is 0 Å². The van der Waals surface area contributed by atoms with Crippen molar-refractivity contribution >= 4 is 23.4 Å². The second-order valence-electron chi connectivity index (χ2n) is 7.07. The molecule has 150 valence electrons. The molecule has 0 aliphatic heterocycles. The van der Waals surface area contributed by atoms with Crippen LogP contribution in [0, 0.1) is 6.92 Å². The van der Waals surface area contributed by atoms with Crippen LogP contribution in [0.15, 0.2) is 77.6 Å². The van der Waals surface area contributed by atoms with Gasteiger partial charge in [0.05, 0.1) is 11.5 Å². The molecule has 0 saturated carbocycles. The Labute approximate surface area is 179 Å². The first-order valence-corrected chi connectivity index (χ1v) is 9.95. The summed E-state index contributed by atoms with van der Waals surface area (Å²) in [6, 6.07) is 19.0. The van der Waals surface area contributed by atoms with Gasteiger partial charge in [-0.25, -0.2) is 0 Å². The van der Waals surface area contributed by atoms with Gasteiger partial charge in [-0.2, -0.15) is 0 Å². The number of hydrogen-bond acceptors (Lipinski definition) is 4. The molecule has 0 radical (unpaired) electrons.